The number of hydrogen-bond donors (Lipinski definition) is 0. The molecule has 2 rings (SSSR count). The average Bonchev–Trinajstić information content (AvgIpc) is 2.79. The summed E-state index contributed by atoms with van der Waals surface area (Å²) in [7, 11) is 0. The van der Waals surface area contributed by atoms with E-state index in [1.165, 1.54) is 31.7 Å². The molecule has 0 amide bonds. The highest BCUT2D eigenvalue weighted by atomic mass is 79.9. The summed E-state index contributed by atoms with van der Waals surface area (Å²) in [5, 5.41) is 1.66. The first-order chi connectivity index (χ1) is 8.70. The van der Waals surface area contributed by atoms with E-state index in [2.05, 4.69) is 20.8 Å². The minimum atomic E-state index is -0.148. The summed E-state index contributed by atoms with van der Waals surface area (Å²) < 4.78 is 13.7. The van der Waals surface area contributed by atoms with E-state index < -0.39 is 0 Å². The second-order valence-electron chi connectivity index (χ2n) is 4.83. The summed E-state index contributed by atoms with van der Waals surface area (Å²) in [6, 6.07) is 5.41. The van der Waals surface area contributed by atoms with Gasteiger partial charge in [0.05, 0.1) is 0 Å². The van der Waals surface area contributed by atoms with Gasteiger partial charge in [-0.25, -0.2) is 4.39 Å². The van der Waals surface area contributed by atoms with Crippen molar-refractivity contribution < 1.29 is 4.39 Å². The first-order valence-corrected chi connectivity index (χ1v) is 7.94. The molecule has 0 radical (unpaired) electrons. The molecule has 1 fully saturated rings. The Morgan fingerprint density at radius 3 is 3.06 bits per heavy atom. The monoisotopic (exact) mass is 333 g/mol. The van der Waals surface area contributed by atoms with Crippen molar-refractivity contribution in [3.8, 4) is 0 Å². The molecular weight excluding hydrogens is 317 g/mol. The van der Waals surface area contributed by atoms with Crippen LogP contribution in [-0.4, -0.2) is 22.8 Å². The molecule has 0 saturated carbocycles. The molecule has 1 aromatic rings. The molecule has 1 unspecified atom stereocenters. The third kappa shape index (κ3) is 3.69. The van der Waals surface area contributed by atoms with Crippen LogP contribution in [0.1, 0.15) is 31.2 Å². The maximum absolute atomic E-state index is 13.7. The lowest BCUT2D eigenvalue weighted by molar-refractivity contribution is 0.231. The highest BCUT2D eigenvalue weighted by Crippen LogP contribution is 2.25. The lowest BCUT2D eigenvalue weighted by atomic mass is 10.1. The molecule has 1 nitrogen and oxygen atoms in total. The Labute approximate surface area is 121 Å². The van der Waals surface area contributed by atoms with Crippen LogP contribution >= 0.6 is 27.5 Å². The summed E-state index contributed by atoms with van der Waals surface area (Å²) in [6.07, 6.45) is 4.82. The van der Waals surface area contributed by atoms with Gasteiger partial charge in [-0.05, 0) is 50.4 Å². The Hall–Kier alpha value is -0.120. The van der Waals surface area contributed by atoms with Crippen LogP contribution in [0.3, 0.4) is 0 Å². The SMILES string of the molecule is Fc1ccc(Cl)cc1CN1CCCC1CCCBr. The minimum absolute atomic E-state index is 0.148. The minimum Gasteiger partial charge on any atom is -0.296 e. The van der Waals surface area contributed by atoms with E-state index in [-0.39, 0.29) is 5.82 Å². The quantitative estimate of drug-likeness (QED) is 0.710. The highest BCUT2D eigenvalue weighted by Gasteiger charge is 2.24. The summed E-state index contributed by atoms with van der Waals surface area (Å²) in [4.78, 5) is 2.39. The number of hydrogen-bond acceptors (Lipinski definition) is 1. The van der Waals surface area contributed by atoms with Crippen LogP contribution in [0, 0.1) is 5.82 Å². The fourth-order valence-electron chi connectivity index (χ4n) is 2.63. The van der Waals surface area contributed by atoms with Gasteiger partial charge in [0.1, 0.15) is 5.82 Å². The van der Waals surface area contributed by atoms with Crippen molar-refractivity contribution in [1.29, 1.82) is 0 Å². The Morgan fingerprint density at radius 2 is 2.28 bits per heavy atom. The van der Waals surface area contributed by atoms with Crippen molar-refractivity contribution in [2.24, 2.45) is 0 Å². The molecule has 0 aliphatic carbocycles. The molecule has 4 heteroatoms. The van der Waals surface area contributed by atoms with Crippen molar-refractivity contribution >= 4 is 27.5 Å². The second-order valence-corrected chi connectivity index (χ2v) is 6.06. The van der Waals surface area contributed by atoms with Crippen LogP contribution in [0.2, 0.25) is 5.02 Å². The maximum Gasteiger partial charge on any atom is 0.127 e. The predicted octanol–water partition coefficient (Wildman–Crippen LogP) is 4.62. The largest absolute Gasteiger partial charge is 0.296 e. The third-order valence-corrected chi connectivity index (χ3v) is 4.35. The van der Waals surface area contributed by atoms with Crippen LogP contribution in [0.15, 0.2) is 18.2 Å². The number of nitrogens with zero attached hydrogens (tertiary/aromatic N) is 1. The number of alkyl halides is 1. The molecule has 18 heavy (non-hydrogen) atoms. The van der Waals surface area contributed by atoms with E-state index in [9.17, 15) is 4.39 Å². The van der Waals surface area contributed by atoms with E-state index in [0.717, 1.165) is 11.9 Å². The van der Waals surface area contributed by atoms with E-state index in [1.54, 1.807) is 12.1 Å². The number of rotatable bonds is 5. The first-order valence-electron chi connectivity index (χ1n) is 6.44. The van der Waals surface area contributed by atoms with Gasteiger partial charge in [0.2, 0.25) is 0 Å². The molecule has 1 heterocycles. The highest BCUT2D eigenvalue weighted by molar-refractivity contribution is 9.09. The van der Waals surface area contributed by atoms with Crippen molar-refractivity contribution in [3.05, 3.63) is 34.6 Å². The smallest absolute Gasteiger partial charge is 0.127 e. The number of likely N-dealkylation sites (tertiary alicyclic amines) is 1. The lowest BCUT2D eigenvalue weighted by Gasteiger charge is -2.24. The molecule has 1 aliphatic heterocycles. The van der Waals surface area contributed by atoms with Crippen molar-refractivity contribution in [3.63, 3.8) is 0 Å². The van der Waals surface area contributed by atoms with Gasteiger partial charge in [-0.3, -0.25) is 4.90 Å². The zero-order chi connectivity index (χ0) is 13.0. The van der Waals surface area contributed by atoms with Crippen LogP contribution in [0.4, 0.5) is 4.39 Å². The van der Waals surface area contributed by atoms with E-state index >= 15 is 0 Å². The second kappa shape index (κ2) is 6.88. The molecule has 1 saturated heterocycles. The molecule has 1 aromatic carbocycles. The maximum atomic E-state index is 13.7. The Bertz CT molecular complexity index is 399. The van der Waals surface area contributed by atoms with Crippen LogP contribution in [0.25, 0.3) is 0 Å². The number of halogens is 3. The summed E-state index contributed by atoms with van der Waals surface area (Å²) >= 11 is 9.40. The van der Waals surface area contributed by atoms with E-state index in [4.69, 9.17) is 11.6 Å². The predicted molar refractivity (Wildman–Crippen MR) is 77.9 cm³/mol. The molecule has 1 atom stereocenters. The lowest BCUT2D eigenvalue weighted by Crippen LogP contribution is -2.29. The molecular formula is C14H18BrClFN. The van der Waals surface area contributed by atoms with Gasteiger partial charge in [0, 0.05) is 28.5 Å². The van der Waals surface area contributed by atoms with Gasteiger partial charge in [0.15, 0.2) is 0 Å². The Kier molecular flexibility index (Phi) is 5.46. The van der Waals surface area contributed by atoms with Gasteiger partial charge in [-0.2, -0.15) is 0 Å². The van der Waals surface area contributed by atoms with E-state index in [0.29, 0.717) is 23.2 Å². The Balaban J connectivity index is 2.01. The normalized spacial score (nSPS) is 20.5. The fourth-order valence-corrected chi connectivity index (χ4v) is 3.14. The molecule has 100 valence electrons. The van der Waals surface area contributed by atoms with Gasteiger partial charge in [-0.15, -0.1) is 0 Å². The van der Waals surface area contributed by atoms with Crippen molar-refractivity contribution in [2.45, 2.75) is 38.3 Å². The third-order valence-electron chi connectivity index (χ3n) is 3.55. The Morgan fingerprint density at radius 1 is 1.44 bits per heavy atom. The van der Waals surface area contributed by atoms with Gasteiger partial charge in [-0.1, -0.05) is 27.5 Å². The molecule has 0 bridgehead atoms. The zero-order valence-electron chi connectivity index (χ0n) is 10.3. The molecule has 1 aliphatic rings. The van der Waals surface area contributed by atoms with Gasteiger partial charge < -0.3 is 0 Å². The van der Waals surface area contributed by atoms with Gasteiger partial charge in [0.25, 0.3) is 0 Å². The van der Waals surface area contributed by atoms with Crippen LogP contribution in [0.5, 0.6) is 0 Å². The first kappa shape index (κ1) is 14.3. The van der Waals surface area contributed by atoms with E-state index in [1.807, 2.05) is 0 Å². The molecule has 0 spiro atoms. The molecule has 0 N–H and O–H groups in total. The van der Waals surface area contributed by atoms with Gasteiger partial charge >= 0.3 is 0 Å². The zero-order valence-corrected chi connectivity index (χ0v) is 12.7. The standard InChI is InChI=1S/C14H18BrClFN/c15-7-1-3-13-4-2-8-18(13)10-11-9-12(16)5-6-14(11)17/h5-6,9,13H,1-4,7-8,10H2. The summed E-state index contributed by atoms with van der Waals surface area (Å²) in [6.45, 7) is 1.75. The fraction of sp³-hybridized carbons (Fsp3) is 0.571. The van der Waals surface area contributed by atoms with Crippen molar-refractivity contribution in [2.75, 3.05) is 11.9 Å². The average molecular weight is 335 g/mol. The topological polar surface area (TPSA) is 3.24 Å². The summed E-state index contributed by atoms with van der Waals surface area (Å²) in [5.41, 5.74) is 0.716. The number of benzene rings is 1. The molecule has 0 aromatic heterocycles. The van der Waals surface area contributed by atoms with Crippen LogP contribution in [-0.2, 0) is 6.54 Å². The van der Waals surface area contributed by atoms with Crippen LogP contribution < -0.4 is 0 Å². The summed E-state index contributed by atoms with van der Waals surface area (Å²) in [5.74, 6) is -0.148. The van der Waals surface area contributed by atoms with Crippen molar-refractivity contribution in [1.82, 2.24) is 4.90 Å².